The van der Waals surface area contributed by atoms with E-state index in [9.17, 15) is 4.79 Å². The molecule has 74 valence electrons. The number of aromatic nitrogens is 1. The molecule has 0 aromatic carbocycles. The van der Waals surface area contributed by atoms with Crippen molar-refractivity contribution in [2.75, 3.05) is 0 Å². The van der Waals surface area contributed by atoms with Crippen molar-refractivity contribution in [3.63, 3.8) is 0 Å². The normalized spacial score (nSPS) is 12.1. The molecule has 0 aliphatic heterocycles. The van der Waals surface area contributed by atoms with Gasteiger partial charge in [-0.3, -0.25) is 0 Å². The fourth-order valence-corrected chi connectivity index (χ4v) is 1.11. The summed E-state index contributed by atoms with van der Waals surface area (Å²) in [6, 6.07) is 2.98. The molecule has 0 aliphatic carbocycles. The highest BCUT2D eigenvalue weighted by atomic mass is 16.4. The monoisotopic (exact) mass is 192 g/mol. The molecule has 1 aromatic heterocycles. The lowest BCUT2D eigenvalue weighted by molar-refractivity contribution is 0.0690. The van der Waals surface area contributed by atoms with E-state index in [2.05, 4.69) is 11.6 Å². The minimum absolute atomic E-state index is 0.0158. The molecule has 0 saturated heterocycles. The maximum Gasteiger partial charge on any atom is 0.354 e. The second kappa shape index (κ2) is 4.53. The average Bonchev–Trinajstić information content (AvgIpc) is 2.18. The lowest BCUT2D eigenvalue weighted by Gasteiger charge is -2.08. The second-order valence-corrected chi connectivity index (χ2v) is 2.91. The Bertz CT molecular complexity index is 350. The molecular weight excluding hydrogens is 180 g/mol. The number of carbonyl (C=O) groups is 1. The largest absolute Gasteiger partial charge is 0.477 e. The number of carboxylic acid groups (broad SMARTS) is 1. The van der Waals surface area contributed by atoms with E-state index in [-0.39, 0.29) is 11.7 Å². The van der Waals surface area contributed by atoms with E-state index in [1.807, 2.05) is 0 Å². The quantitative estimate of drug-likeness (QED) is 0.706. The predicted molar refractivity (Wildman–Crippen MR) is 52.9 cm³/mol. The number of nitrogens with two attached hydrogens (primary N) is 1. The van der Waals surface area contributed by atoms with Gasteiger partial charge in [0.1, 0.15) is 5.69 Å². The lowest BCUT2D eigenvalue weighted by Crippen LogP contribution is -2.11. The summed E-state index contributed by atoms with van der Waals surface area (Å²) in [6.45, 7) is 3.57. The number of pyridine rings is 1. The average molecular weight is 192 g/mol. The second-order valence-electron chi connectivity index (χ2n) is 2.91. The zero-order chi connectivity index (χ0) is 10.6. The highest BCUT2D eigenvalue weighted by Crippen LogP contribution is 2.14. The standard InChI is InChI=1S/C10H12N2O2/c1-2-3-8(11)7-4-5-12-9(6-7)10(13)14/h2,4-6,8H,1,3,11H2,(H,13,14). The van der Waals surface area contributed by atoms with Crippen LogP contribution in [0.3, 0.4) is 0 Å². The summed E-state index contributed by atoms with van der Waals surface area (Å²) >= 11 is 0. The molecule has 0 amide bonds. The van der Waals surface area contributed by atoms with Gasteiger partial charge in [0.05, 0.1) is 0 Å². The molecule has 3 N–H and O–H groups in total. The molecule has 0 radical (unpaired) electrons. The fourth-order valence-electron chi connectivity index (χ4n) is 1.11. The summed E-state index contributed by atoms with van der Waals surface area (Å²) in [7, 11) is 0. The van der Waals surface area contributed by atoms with Gasteiger partial charge in [-0.15, -0.1) is 6.58 Å². The molecule has 1 rings (SSSR count). The van der Waals surface area contributed by atoms with Crippen molar-refractivity contribution in [1.82, 2.24) is 4.98 Å². The third-order valence-corrected chi connectivity index (χ3v) is 1.85. The molecule has 0 aliphatic rings. The first-order valence-corrected chi connectivity index (χ1v) is 4.21. The Morgan fingerprint density at radius 2 is 2.50 bits per heavy atom. The Kier molecular flexibility index (Phi) is 3.36. The molecule has 1 heterocycles. The van der Waals surface area contributed by atoms with Crippen molar-refractivity contribution in [3.8, 4) is 0 Å². The summed E-state index contributed by atoms with van der Waals surface area (Å²) in [5.74, 6) is -1.04. The van der Waals surface area contributed by atoms with Crippen LogP contribution in [0.15, 0.2) is 31.0 Å². The summed E-state index contributed by atoms with van der Waals surface area (Å²) in [5.41, 5.74) is 6.56. The maximum absolute atomic E-state index is 10.6. The van der Waals surface area contributed by atoms with Gasteiger partial charge in [0.15, 0.2) is 0 Å². The van der Waals surface area contributed by atoms with Crippen molar-refractivity contribution in [1.29, 1.82) is 0 Å². The fraction of sp³-hybridized carbons (Fsp3) is 0.200. The first-order chi connectivity index (χ1) is 6.65. The van der Waals surface area contributed by atoms with Crippen LogP contribution in [-0.4, -0.2) is 16.1 Å². The number of hydrogen-bond donors (Lipinski definition) is 2. The van der Waals surface area contributed by atoms with Gasteiger partial charge in [-0.25, -0.2) is 9.78 Å². The van der Waals surface area contributed by atoms with E-state index >= 15 is 0 Å². The maximum atomic E-state index is 10.6. The van der Waals surface area contributed by atoms with E-state index < -0.39 is 5.97 Å². The van der Waals surface area contributed by atoms with Crippen LogP contribution in [0.2, 0.25) is 0 Å². The number of aromatic carboxylic acids is 1. The molecule has 1 atom stereocenters. The molecule has 0 saturated carbocycles. The van der Waals surface area contributed by atoms with E-state index in [4.69, 9.17) is 10.8 Å². The van der Waals surface area contributed by atoms with Gasteiger partial charge in [0, 0.05) is 12.2 Å². The van der Waals surface area contributed by atoms with E-state index in [0.29, 0.717) is 6.42 Å². The molecule has 0 fully saturated rings. The van der Waals surface area contributed by atoms with Crippen molar-refractivity contribution >= 4 is 5.97 Å². The van der Waals surface area contributed by atoms with E-state index in [1.165, 1.54) is 12.3 Å². The SMILES string of the molecule is C=CCC(N)c1ccnc(C(=O)O)c1. The van der Waals surface area contributed by atoms with Crippen LogP contribution in [-0.2, 0) is 0 Å². The van der Waals surface area contributed by atoms with Gasteiger partial charge >= 0.3 is 5.97 Å². The van der Waals surface area contributed by atoms with Crippen LogP contribution >= 0.6 is 0 Å². The minimum Gasteiger partial charge on any atom is -0.477 e. The Morgan fingerprint density at radius 3 is 3.07 bits per heavy atom. The van der Waals surface area contributed by atoms with E-state index in [0.717, 1.165) is 5.56 Å². The van der Waals surface area contributed by atoms with Gasteiger partial charge in [-0.05, 0) is 24.1 Å². The Morgan fingerprint density at radius 1 is 1.79 bits per heavy atom. The van der Waals surface area contributed by atoms with Crippen molar-refractivity contribution < 1.29 is 9.90 Å². The summed E-state index contributed by atoms with van der Waals surface area (Å²) < 4.78 is 0. The van der Waals surface area contributed by atoms with E-state index in [1.54, 1.807) is 12.1 Å². The van der Waals surface area contributed by atoms with Gasteiger partial charge in [0.25, 0.3) is 0 Å². The van der Waals surface area contributed by atoms with Gasteiger partial charge in [-0.2, -0.15) is 0 Å². The molecule has 0 spiro atoms. The van der Waals surface area contributed by atoms with Crippen LogP contribution in [0.4, 0.5) is 0 Å². The third-order valence-electron chi connectivity index (χ3n) is 1.85. The van der Waals surface area contributed by atoms with Crippen LogP contribution in [0.25, 0.3) is 0 Å². The summed E-state index contributed by atoms with van der Waals surface area (Å²) in [4.78, 5) is 14.3. The first kappa shape index (κ1) is 10.4. The van der Waals surface area contributed by atoms with Crippen molar-refractivity contribution in [2.45, 2.75) is 12.5 Å². The van der Waals surface area contributed by atoms with Crippen LogP contribution in [0, 0.1) is 0 Å². The molecule has 0 bridgehead atoms. The minimum atomic E-state index is -1.04. The predicted octanol–water partition coefficient (Wildman–Crippen LogP) is 1.36. The Hall–Kier alpha value is -1.68. The summed E-state index contributed by atoms with van der Waals surface area (Å²) in [6.07, 6.45) is 3.76. The van der Waals surface area contributed by atoms with Gasteiger partial charge in [-0.1, -0.05) is 6.08 Å². The molecule has 1 aromatic rings. The smallest absolute Gasteiger partial charge is 0.354 e. The molecule has 14 heavy (non-hydrogen) atoms. The third kappa shape index (κ3) is 2.40. The van der Waals surface area contributed by atoms with Crippen LogP contribution < -0.4 is 5.73 Å². The van der Waals surface area contributed by atoms with Crippen molar-refractivity contribution in [2.24, 2.45) is 5.73 Å². The van der Waals surface area contributed by atoms with Crippen LogP contribution in [0.1, 0.15) is 28.5 Å². The molecule has 1 unspecified atom stereocenters. The van der Waals surface area contributed by atoms with Gasteiger partial charge < -0.3 is 10.8 Å². The molecule has 4 nitrogen and oxygen atoms in total. The number of carboxylic acids is 1. The summed E-state index contributed by atoms with van der Waals surface area (Å²) in [5, 5.41) is 8.70. The number of hydrogen-bond acceptors (Lipinski definition) is 3. The van der Waals surface area contributed by atoms with Gasteiger partial charge in [0.2, 0.25) is 0 Å². The Labute approximate surface area is 82.1 Å². The molecule has 4 heteroatoms. The zero-order valence-corrected chi connectivity index (χ0v) is 7.68. The topological polar surface area (TPSA) is 76.2 Å². The number of nitrogens with zero attached hydrogens (tertiary/aromatic N) is 1. The zero-order valence-electron chi connectivity index (χ0n) is 7.68. The lowest BCUT2D eigenvalue weighted by atomic mass is 10.1. The highest BCUT2D eigenvalue weighted by molar-refractivity contribution is 5.85. The number of rotatable bonds is 4. The molecular formula is C10H12N2O2. The van der Waals surface area contributed by atoms with Crippen LogP contribution in [0.5, 0.6) is 0 Å². The van der Waals surface area contributed by atoms with Crippen molar-refractivity contribution in [3.05, 3.63) is 42.2 Å². The first-order valence-electron chi connectivity index (χ1n) is 4.21. The Balaban J connectivity index is 2.93. The highest BCUT2D eigenvalue weighted by Gasteiger charge is 2.08.